The lowest BCUT2D eigenvalue weighted by molar-refractivity contribution is -0.324. The van der Waals surface area contributed by atoms with Crippen molar-refractivity contribution in [2.24, 2.45) is 5.92 Å². The Balaban J connectivity index is 2.20. The van der Waals surface area contributed by atoms with E-state index in [1.807, 2.05) is 0 Å². The molecular formula is C10H18O2. The van der Waals surface area contributed by atoms with E-state index in [1.54, 1.807) is 0 Å². The van der Waals surface area contributed by atoms with E-state index < -0.39 is 5.79 Å². The van der Waals surface area contributed by atoms with Gasteiger partial charge in [0.05, 0.1) is 5.60 Å². The zero-order valence-electron chi connectivity index (χ0n) is 7.97. The zero-order valence-corrected chi connectivity index (χ0v) is 7.97. The Morgan fingerprint density at radius 1 is 1.33 bits per heavy atom. The van der Waals surface area contributed by atoms with Crippen molar-refractivity contribution in [1.82, 2.24) is 0 Å². The van der Waals surface area contributed by atoms with E-state index in [9.17, 15) is 5.11 Å². The molecule has 2 heterocycles. The molecule has 0 amide bonds. The van der Waals surface area contributed by atoms with Gasteiger partial charge in [0, 0.05) is 12.8 Å². The van der Waals surface area contributed by atoms with Gasteiger partial charge in [-0.3, -0.25) is 0 Å². The Morgan fingerprint density at radius 2 is 2.08 bits per heavy atom. The molecule has 2 bridgehead atoms. The lowest BCUT2D eigenvalue weighted by Gasteiger charge is -2.51. The number of fused-ring (bicyclic) bond motifs is 2. The van der Waals surface area contributed by atoms with Crippen LogP contribution in [0.1, 0.15) is 46.0 Å². The fourth-order valence-electron chi connectivity index (χ4n) is 2.52. The van der Waals surface area contributed by atoms with Crippen molar-refractivity contribution in [1.29, 1.82) is 0 Å². The van der Waals surface area contributed by atoms with E-state index in [1.165, 1.54) is 0 Å². The SMILES string of the molecule is CC1CC[C@@]2(O)CCC[C@]1(C)O2. The third kappa shape index (κ3) is 1.17. The number of hydrogen-bond donors (Lipinski definition) is 1. The molecule has 2 aliphatic rings. The van der Waals surface area contributed by atoms with Crippen molar-refractivity contribution in [3.05, 3.63) is 0 Å². The summed E-state index contributed by atoms with van der Waals surface area (Å²) in [5.41, 5.74) is -0.0503. The normalized spacial score (nSPS) is 53.8. The van der Waals surface area contributed by atoms with Crippen molar-refractivity contribution in [3.8, 4) is 0 Å². The Morgan fingerprint density at radius 3 is 2.75 bits per heavy atom. The first-order chi connectivity index (χ1) is 5.54. The van der Waals surface area contributed by atoms with E-state index >= 15 is 0 Å². The van der Waals surface area contributed by atoms with Gasteiger partial charge in [0.15, 0.2) is 5.79 Å². The lowest BCUT2D eigenvalue weighted by atomic mass is 9.74. The second kappa shape index (κ2) is 2.46. The van der Waals surface area contributed by atoms with Crippen LogP contribution in [0.25, 0.3) is 0 Å². The second-order valence-corrected chi connectivity index (χ2v) is 4.65. The summed E-state index contributed by atoms with van der Waals surface area (Å²) < 4.78 is 5.77. The highest BCUT2D eigenvalue weighted by Gasteiger charge is 2.48. The summed E-state index contributed by atoms with van der Waals surface area (Å²) in [4.78, 5) is 0. The molecule has 70 valence electrons. The average molecular weight is 170 g/mol. The number of hydrogen-bond acceptors (Lipinski definition) is 2. The molecular weight excluding hydrogens is 152 g/mol. The number of aliphatic hydroxyl groups is 1. The summed E-state index contributed by atoms with van der Waals surface area (Å²) in [5, 5.41) is 9.96. The van der Waals surface area contributed by atoms with Gasteiger partial charge >= 0.3 is 0 Å². The molecule has 3 atom stereocenters. The van der Waals surface area contributed by atoms with Crippen molar-refractivity contribution in [2.45, 2.75) is 57.3 Å². The van der Waals surface area contributed by atoms with E-state index in [0.717, 1.165) is 32.1 Å². The standard InChI is InChI=1S/C10H18O2/c1-8-4-7-10(11)6-3-5-9(8,2)12-10/h8,11H,3-7H2,1-2H3/t8?,9-,10+/m0/s1. The lowest BCUT2D eigenvalue weighted by Crippen LogP contribution is -2.54. The molecule has 0 saturated carbocycles. The monoisotopic (exact) mass is 170 g/mol. The second-order valence-electron chi connectivity index (χ2n) is 4.65. The van der Waals surface area contributed by atoms with Crippen LogP contribution in [0.15, 0.2) is 0 Å². The van der Waals surface area contributed by atoms with E-state index in [-0.39, 0.29) is 5.60 Å². The Labute approximate surface area is 73.9 Å². The third-order valence-corrected chi connectivity index (χ3v) is 3.67. The molecule has 0 radical (unpaired) electrons. The third-order valence-electron chi connectivity index (χ3n) is 3.67. The molecule has 2 saturated heterocycles. The van der Waals surface area contributed by atoms with Crippen LogP contribution in [0.4, 0.5) is 0 Å². The zero-order chi connectivity index (χ0) is 8.82. The van der Waals surface area contributed by atoms with Crippen molar-refractivity contribution < 1.29 is 9.84 Å². The predicted octanol–water partition coefficient (Wildman–Crippen LogP) is 2.06. The van der Waals surface area contributed by atoms with Gasteiger partial charge in [-0.2, -0.15) is 0 Å². The van der Waals surface area contributed by atoms with Gasteiger partial charge in [-0.05, 0) is 32.1 Å². The smallest absolute Gasteiger partial charge is 0.166 e. The fourth-order valence-corrected chi connectivity index (χ4v) is 2.52. The van der Waals surface area contributed by atoms with Crippen LogP contribution in [-0.4, -0.2) is 16.5 Å². The fraction of sp³-hybridized carbons (Fsp3) is 1.00. The van der Waals surface area contributed by atoms with Crippen LogP contribution in [0, 0.1) is 5.92 Å². The highest BCUT2D eigenvalue weighted by Crippen LogP contribution is 2.46. The molecule has 0 aromatic rings. The summed E-state index contributed by atoms with van der Waals surface area (Å²) in [6.07, 6.45) is 4.97. The van der Waals surface area contributed by atoms with E-state index in [2.05, 4.69) is 13.8 Å². The minimum Gasteiger partial charge on any atom is -0.365 e. The summed E-state index contributed by atoms with van der Waals surface area (Å²) in [5.74, 6) is -0.183. The molecule has 2 rings (SSSR count). The van der Waals surface area contributed by atoms with Gasteiger partial charge in [0.1, 0.15) is 0 Å². The van der Waals surface area contributed by atoms with Gasteiger partial charge in [-0.1, -0.05) is 6.92 Å². The molecule has 2 heteroatoms. The minimum absolute atomic E-state index is 0.0503. The van der Waals surface area contributed by atoms with Gasteiger partial charge < -0.3 is 9.84 Å². The predicted molar refractivity (Wildman–Crippen MR) is 46.7 cm³/mol. The first kappa shape index (κ1) is 8.52. The van der Waals surface area contributed by atoms with E-state index in [0.29, 0.717) is 5.92 Å². The van der Waals surface area contributed by atoms with Gasteiger partial charge in [0.2, 0.25) is 0 Å². The van der Waals surface area contributed by atoms with Crippen molar-refractivity contribution in [2.75, 3.05) is 0 Å². The van der Waals surface area contributed by atoms with Crippen molar-refractivity contribution >= 4 is 0 Å². The highest BCUT2D eigenvalue weighted by molar-refractivity contribution is 4.94. The topological polar surface area (TPSA) is 29.5 Å². The Hall–Kier alpha value is -0.0800. The molecule has 12 heavy (non-hydrogen) atoms. The molecule has 0 aliphatic carbocycles. The summed E-state index contributed by atoms with van der Waals surface area (Å²) in [6, 6.07) is 0. The number of rotatable bonds is 0. The average Bonchev–Trinajstić information content (AvgIpc) is 1.98. The van der Waals surface area contributed by atoms with E-state index in [4.69, 9.17) is 4.74 Å². The molecule has 0 aromatic carbocycles. The Kier molecular flexibility index (Phi) is 1.74. The summed E-state index contributed by atoms with van der Waals surface area (Å²) >= 11 is 0. The van der Waals surface area contributed by atoms with Gasteiger partial charge in [-0.15, -0.1) is 0 Å². The minimum atomic E-state index is -0.778. The molecule has 1 N–H and O–H groups in total. The summed E-state index contributed by atoms with van der Waals surface area (Å²) in [7, 11) is 0. The number of ether oxygens (including phenoxy) is 1. The van der Waals surface area contributed by atoms with Gasteiger partial charge in [-0.25, -0.2) is 0 Å². The molecule has 1 unspecified atom stereocenters. The Bertz CT molecular complexity index is 192. The first-order valence-corrected chi connectivity index (χ1v) is 4.97. The highest BCUT2D eigenvalue weighted by atomic mass is 16.6. The molecule has 0 spiro atoms. The van der Waals surface area contributed by atoms with Crippen LogP contribution in [-0.2, 0) is 4.74 Å². The van der Waals surface area contributed by atoms with Crippen LogP contribution >= 0.6 is 0 Å². The summed E-state index contributed by atoms with van der Waals surface area (Å²) in [6.45, 7) is 4.37. The van der Waals surface area contributed by atoms with Crippen LogP contribution in [0.2, 0.25) is 0 Å². The quantitative estimate of drug-likeness (QED) is 0.603. The van der Waals surface area contributed by atoms with Crippen LogP contribution < -0.4 is 0 Å². The maximum Gasteiger partial charge on any atom is 0.166 e. The van der Waals surface area contributed by atoms with Crippen LogP contribution in [0.3, 0.4) is 0 Å². The molecule has 2 fully saturated rings. The molecule has 0 aromatic heterocycles. The van der Waals surface area contributed by atoms with Crippen molar-refractivity contribution in [3.63, 3.8) is 0 Å². The van der Waals surface area contributed by atoms with Gasteiger partial charge in [0.25, 0.3) is 0 Å². The molecule has 2 nitrogen and oxygen atoms in total. The largest absolute Gasteiger partial charge is 0.365 e. The first-order valence-electron chi connectivity index (χ1n) is 4.97. The maximum absolute atomic E-state index is 9.96. The maximum atomic E-state index is 9.96. The molecule has 2 aliphatic heterocycles. The van der Waals surface area contributed by atoms with Crippen LogP contribution in [0.5, 0.6) is 0 Å².